The molecule has 1 rings (SSSR count). The molecular weight excluding hydrogens is 270 g/mol. The Bertz CT molecular complexity index is 482. The van der Waals surface area contributed by atoms with Gasteiger partial charge in [0.15, 0.2) is 0 Å². The Kier molecular flexibility index (Phi) is 6.14. The molecule has 21 heavy (non-hydrogen) atoms. The van der Waals surface area contributed by atoms with Crippen molar-refractivity contribution in [1.29, 1.82) is 0 Å². The summed E-state index contributed by atoms with van der Waals surface area (Å²) in [7, 11) is 3.81. The monoisotopic (exact) mass is 297 g/mol. The zero-order chi connectivity index (χ0) is 16.2. The number of nitrogens with one attached hydrogen (secondary N) is 1. The van der Waals surface area contributed by atoms with Crippen molar-refractivity contribution in [2.45, 2.75) is 46.1 Å². The number of hydrogen-bond donors (Lipinski definition) is 1. The van der Waals surface area contributed by atoms with Crippen LogP contribution in [-0.2, 0) is 7.05 Å². The predicted molar refractivity (Wildman–Crippen MR) is 84.8 cm³/mol. The summed E-state index contributed by atoms with van der Waals surface area (Å²) >= 11 is 0. The van der Waals surface area contributed by atoms with E-state index in [1.54, 1.807) is 11.7 Å². The molecule has 120 valence electrons. The number of nitro groups is 1. The average Bonchev–Trinajstić information content (AvgIpc) is 2.71. The lowest BCUT2D eigenvalue weighted by molar-refractivity contribution is -0.384. The predicted octanol–water partition coefficient (Wildman–Crippen LogP) is 2.59. The highest BCUT2D eigenvalue weighted by atomic mass is 16.6. The fourth-order valence-electron chi connectivity index (χ4n) is 2.09. The highest BCUT2D eigenvalue weighted by Gasteiger charge is 2.28. The zero-order valence-corrected chi connectivity index (χ0v) is 13.9. The van der Waals surface area contributed by atoms with Crippen molar-refractivity contribution in [1.82, 2.24) is 14.7 Å². The van der Waals surface area contributed by atoms with Gasteiger partial charge < -0.3 is 10.2 Å². The van der Waals surface area contributed by atoms with E-state index < -0.39 is 0 Å². The molecule has 0 aliphatic carbocycles. The van der Waals surface area contributed by atoms with Crippen LogP contribution in [0, 0.1) is 10.1 Å². The minimum Gasteiger partial charge on any atom is -0.364 e. The summed E-state index contributed by atoms with van der Waals surface area (Å²) < 4.78 is 1.57. The van der Waals surface area contributed by atoms with Crippen molar-refractivity contribution in [3.05, 3.63) is 15.8 Å². The van der Waals surface area contributed by atoms with Crippen LogP contribution in [-0.4, -0.2) is 45.8 Å². The standard InChI is InChI=1S/C14H27N5O2/c1-10(2)12-13(19(20)21)14(18(6)16-12)15-8-7-9-17(5)11(3)4/h10-11,15H,7-9H2,1-6H3. The molecule has 7 nitrogen and oxygen atoms in total. The molecule has 0 atom stereocenters. The van der Waals surface area contributed by atoms with E-state index in [0.29, 0.717) is 24.1 Å². The van der Waals surface area contributed by atoms with Crippen LogP contribution >= 0.6 is 0 Å². The molecular formula is C14H27N5O2. The number of anilines is 1. The fraction of sp³-hybridized carbons (Fsp3) is 0.786. The van der Waals surface area contributed by atoms with Crippen molar-refractivity contribution in [2.24, 2.45) is 7.05 Å². The SMILES string of the molecule is CC(C)c1nn(C)c(NCCCN(C)C(C)C)c1[N+](=O)[O-]. The van der Waals surface area contributed by atoms with Gasteiger partial charge in [0.25, 0.3) is 0 Å². The van der Waals surface area contributed by atoms with E-state index in [9.17, 15) is 10.1 Å². The molecule has 0 saturated carbocycles. The zero-order valence-electron chi connectivity index (χ0n) is 13.9. The first kappa shape index (κ1) is 17.4. The molecule has 0 saturated heterocycles. The van der Waals surface area contributed by atoms with Crippen LogP contribution in [0.1, 0.15) is 45.7 Å². The molecule has 1 aromatic heterocycles. The molecule has 0 unspecified atom stereocenters. The minimum atomic E-state index is -0.342. The topological polar surface area (TPSA) is 76.2 Å². The van der Waals surface area contributed by atoms with Gasteiger partial charge in [-0.25, -0.2) is 4.68 Å². The molecule has 0 bridgehead atoms. The van der Waals surface area contributed by atoms with E-state index in [4.69, 9.17) is 0 Å². The second-order valence-corrected chi connectivity index (χ2v) is 5.97. The lowest BCUT2D eigenvalue weighted by atomic mass is 10.1. The summed E-state index contributed by atoms with van der Waals surface area (Å²) in [6, 6.07) is 0.503. The third-order valence-electron chi connectivity index (χ3n) is 3.64. The van der Waals surface area contributed by atoms with Gasteiger partial charge in [-0.2, -0.15) is 5.10 Å². The van der Waals surface area contributed by atoms with E-state index in [-0.39, 0.29) is 16.5 Å². The lowest BCUT2D eigenvalue weighted by Crippen LogP contribution is -2.28. The second kappa shape index (κ2) is 7.40. The maximum absolute atomic E-state index is 11.3. The van der Waals surface area contributed by atoms with Crippen LogP contribution in [0.25, 0.3) is 0 Å². The molecule has 0 aliphatic heterocycles. The van der Waals surface area contributed by atoms with Crippen LogP contribution < -0.4 is 5.32 Å². The van der Waals surface area contributed by atoms with Gasteiger partial charge >= 0.3 is 5.69 Å². The molecule has 0 aliphatic rings. The van der Waals surface area contributed by atoms with E-state index in [0.717, 1.165) is 13.0 Å². The number of aryl methyl sites for hydroxylation is 1. The van der Waals surface area contributed by atoms with Gasteiger partial charge in [-0.05, 0) is 33.9 Å². The van der Waals surface area contributed by atoms with Crippen molar-refractivity contribution in [2.75, 3.05) is 25.5 Å². The summed E-state index contributed by atoms with van der Waals surface area (Å²) in [5.41, 5.74) is 0.633. The van der Waals surface area contributed by atoms with Crippen molar-refractivity contribution >= 4 is 11.5 Å². The Balaban J connectivity index is 2.73. The molecule has 0 radical (unpaired) electrons. The van der Waals surface area contributed by atoms with Crippen LogP contribution in [0.5, 0.6) is 0 Å². The second-order valence-electron chi connectivity index (χ2n) is 5.97. The molecule has 0 amide bonds. The third-order valence-corrected chi connectivity index (χ3v) is 3.64. The Morgan fingerprint density at radius 2 is 2.00 bits per heavy atom. The Morgan fingerprint density at radius 3 is 2.48 bits per heavy atom. The average molecular weight is 297 g/mol. The maximum Gasteiger partial charge on any atom is 0.334 e. The van der Waals surface area contributed by atoms with Crippen LogP contribution in [0.3, 0.4) is 0 Å². The minimum absolute atomic E-state index is 0.0271. The quantitative estimate of drug-likeness (QED) is 0.453. The molecule has 7 heteroatoms. The first-order valence-corrected chi connectivity index (χ1v) is 7.41. The molecule has 0 spiro atoms. The third kappa shape index (κ3) is 4.42. The Hall–Kier alpha value is -1.63. The molecule has 1 heterocycles. The van der Waals surface area contributed by atoms with Crippen molar-refractivity contribution in [3.8, 4) is 0 Å². The van der Waals surface area contributed by atoms with Gasteiger partial charge in [0.2, 0.25) is 5.82 Å². The summed E-state index contributed by atoms with van der Waals surface area (Å²) in [6.07, 6.45) is 0.925. The number of aromatic nitrogens is 2. The van der Waals surface area contributed by atoms with Gasteiger partial charge in [0.05, 0.1) is 4.92 Å². The fourth-order valence-corrected chi connectivity index (χ4v) is 2.09. The number of nitrogens with zero attached hydrogens (tertiary/aromatic N) is 4. The summed E-state index contributed by atoms with van der Waals surface area (Å²) in [5, 5.41) is 18.7. The van der Waals surface area contributed by atoms with Gasteiger partial charge in [-0.3, -0.25) is 10.1 Å². The highest BCUT2D eigenvalue weighted by molar-refractivity contribution is 5.60. The smallest absolute Gasteiger partial charge is 0.334 e. The molecule has 1 aromatic rings. The molecule has 0 aromatic carbocycles. The van der Waals surface area contributed by atoms with Crippen LogP contribution in [0.4, 0.5) is 11.5 Å². The summed E-state index contributed by atoms with van der Waals surface area (Å²) in [6.45, 7) is 9.76. The van der Waals surface area contributed by atoms with Crippen LogP contribution in [0.15, 0.2) is 0 Å². The summed E-state index contributed by atoms with van der Waals surface area (Å²) in [4.78, 5) is 13.2. The molecule has 1 N–H and O–H groups in total. The largest absolute Gasteiger partial charge is 0.364 e. The van der Waals surface area contributed by atoms with Gasteiger partial charge in [-0.15, -0.1) is 0 Å². The Morgan fingerprint density at radius 1 is 1.38 bits per heavy atom. The number of rotatable bonds is 8. The van der Waals surface area contributed by atoms with Gasteiger partial charge in [0.1, 0.15) is 5.69 Å². The van der Waals surface area contributed by atoms with Crippen LogP contribution in [0.2, 0.25) is 0 Å². The van der Waals surface area contributed by atoms with Crippen molar-refractivity contribution < 1.29 is 4.92 Å². The van der Waals surface area contributed by atoms with E-state index in [1.165, 1.54) is 0 Å². The normalized spacial score (nSPS) is 11.7. The van der Waals surface area contributed by atoms with Crippen molar-refractivity contribution in [3.63, 3.8) is 0 Å². The van der Waals surface area contributed by atoms with Gasteiger partial charge in [0, 0.05) is 25.6 Å². The first-order chi connectivity index (χ1) is 9.75. The lowest BCUT2D eigenvalue weighted by Gasteiger charge is -2.20. The first-order valence-electron chi connectivity index (χ1n) is 7.41. The van der Waals surface area contributed by atoms with E-state index in [2.05, 4.69) is 36.2 Å². The van der Waals surface area contributed by atoms with E-state index >= 15 is 0 Å². The van der Waals surface area contributed by atoms with E-state index in [1.807, 2.05) is 13.8 Å². The summed E-state index contributed by atoms with van der Waals surface area (Å²) in [5.74, 6) is 0.523. The molecule has 0 fully saturated rings. The van der Waals surface area contributed by atoms with Gasteiger partial charge in [-0.1, -0.05) is 13.8 Å². The highest BCUT2D eigenvalue weighted by Crippen LogP contribution is 2.32. The number of hydrogen-bond acceptors (Lipinski definition) is 5. The Labute approximate surface area is 126 Å². The maximum atomic E-state index is 11.3.